The molecule has 3 unspecified atom stereocenters. The molecule has 5 heteroatoms. The van der Waals surface area contributed by atoms with Gasteiger partial charge >= 0.3 is 5.97 Å². The van der Waals surface area contributed by atoms with Crippen molar-refractivity contribution in [2.24, 2.45) is 11.8 Å². The van der Waals surface area contributed by atoms with E-state index in [4.69, 9.17) is 0 Å². The monoisotopic (exact) mass is 198 g/mol. The van der Waals surface area contributed by atoms with Gasteiger partial charge in [-0.2, -0.15) is 0 Å². The summed E-state index contributed by atoms with van der Waals surface area (Å²) in [5.41, 5.74) is 0. The van der Waals surface area contributed by atoms with Crippen LogP contribution in [0.4, 0.5) is 0 Å². The molecule has 2 aliphatic heterocycles. The van der Waals surface area contributed by atoms with Crippen LogP contribution in [0.1, 0.15) is 6.42 Å². The van der Waals surface area contributed by atoms with Gasteiger partial charge in [-0.3, -0.25) is 9.59 Å². The van der Waals surface area contributed by atoms with E-state index >= 15 is 0 Å². The van der Waals surface area contributed by atoms with Crippen LogP contribution < -0.4 is 10.6 Å². The van der Waals surface area contributed by atoms with Crippen LogP contribution in [-0.2, 0) is 14.3 Å². The highest BCUT2D eigenvalue weighted by atomic mass is 16.5. The van der Waals surface area contributed by atoms with E-state index in [0.717, 1.165) is 6.42 Å². The summed E-state index contributed by atoms with van der Waals surface area (Å²) in [6, 6.07) is -0.101. The van der Waals surface area contributed by atoms with E-state index in [1.54, 1.807) is 0 Å². The predicted octanol–water partition coefficient (Wildman–Crippen LogP) is -1.12. The molecule has 2 heterocycles. The largest absolute Gasteiger partial charge is 0.469 e. The van der Waals surface area contributed by atoms with Gasteiger partial charge < -0.3 is 15.4 Å². The molecule has 5 nitrogen and oxygen atoms in total. The molecule has 0 aromatic rings. The van der Waals surface area contributed by atoms with Crippen LogP contribution in [-0.4, -0.2) is 38.1 Å². The average molecular weight is 198 g/mol. The van der Waals surface area contributed by atoms with Gasteiger partial charge in [0.1, 0.15) is 0 Å². The molecule has 3 atom stereocenters. The highest BCUT2D eigenvalue weighted by Crippen LogP contribution is 2.24. The lowest BCUT2D eigenvalue weighted by Crippen LogP contribution is -2.49. The number of ether oxygens (including phenoxy) is 1. The Morgan fingerprint density at radius 2 is 2.29 bits per heavy atom. The number of hydrogen-bond acceptors (Lipinski definition) is 4. The topological polar surface area (TPSA) is 67.4 Å². The number of carbonyl (C=O) groups is 2. The van der Waals surface area contributed by atoms with Crippen LogP contribution in [0.3, 0.4) is 0 Å². The third-order valence-corrected chi connectivity index (χ3v) is 3.00. The smallest absolute Gasteiger partial charge is 0.309 e. The molecule has 0 aromatic heterocycles. The van der Waals surface area contributed by atoms with E-state index in [1.165, 1.54) is 7.11 Å². The summed E-state index contributed by atoms with van der Waals surface area (Å²) in [5.74, 6) is 0.00270. The van der Waals surface area contributed by atoms with Gasteiger partial charge in [0.05, 0.1) is 19.1 Å². The average Bonchev–Trinajstić information content (AvgIpc) is 2.59. The molecule has 1 amide bonds. The van der Waals surface area contributed by atoms with Crippen LogP contribution in [0.2, 0.25) is 0 Å². The van der Waals surface area contributed by atoms with Crippen molar-refractivity contribution in [1.29, 1.82) is 0 Å². The van der Waals surface area contributed by atoms with Crippen molar-refractivity contribution in [2.75, 3.05) is 20.2 Å². The van der Waals surface area contributed by atoms with Crippen molar-refractivity contribution in [3.63, 3.8) is 0 Å². The van der Waals surface area contributed by atoms with Crippen LogP contribution in [0.25, 0.3) is 0 Å². The summed E-state index contributed by atoms with van der Waals surface area (Å²) in [7, 11) is 1.40. The SMILES string of the molecule is COC(=O)C1CNC2C(=O)NCC2C1. The molecular weight excluding hydrogens is 184 g/mol. The molecule has 0 radical (unpaired) electrons. The van der Waals surface area contributed by atoms with Crippen LogP contribution in [0.5, 0.6) is 0 Å². The maximum Gasteiger partial charge on any atom is 0.309 e. The van der Waals surface area contributed by atoms with E-state index in [0.29, 0.717) is 13.1 Å². The first-order valence-electron chi connectivity index (χ1n) is 4.81. The van der Waals surface area contributed by atoms with Gasteiger partial charge in [-0.1, -0.05) is 0 Å². The van der Waals surface area contributed by atoms with Crippen molar-refractivity contribution >= 4 is 11.9 Å². The molecular formula is C9H14N2O3. The maximum atomic E-state index is 11.3. The van der Waals surface area contributed by atoms with E-state index in [2.05, 4.69) is 15.4 Å². The number of fused-ring (bicyclic) bond motifs is 1. The summed E-state index contributed by atoms with van der Waals surface area (Å²) >= 11 is 0. The summed E-state index contributed by atoms with van der Waals surface area (Å²) in [6.07, 6.45) is 0.739. The van der Waals surface area contributed by atoms with Crippen LogP contribution in [0.15, 0.2) is 0 Å². The van der Waals surface area contributed by atoms with Gasteiger partial charge in [0.2, 0.25) is 5.91 Å². The molecule has 0 aliphatic carbocycles. The highest BCUT2D eigenvalue weighted by molar-refractivity contribution is 5.85. The molecule has 2 aliphatic rings. The number of nitrogens with one attached hydrogen (secondary N) is 2. The van der Waals surface area contributed by atoms with Gasteiger partial charge in [0, 0.05) is 19.0 Å². The van der Waals surface area contributed by atoms with E-state index in [9.17, 15) is 9.59 Å². The maximum absolute atomic E-state index is 11.3. The molecule has 2 N–H and O–H groups in total. The molecule has 0 spiro atoms. The Hall–Kier alpha value is -1.10. The summed E-state index contributed by atoms with van der Waals surface area (Å²) in [6.45, 7) is 1.21. The number of amides is 1. The molecule has 14 heavy (non-hydrogen) atoms. The van der Waals surface area contributed by atoms with Gasteiger partial charge in [-0.05, 0) is 6.42 Å². The Kier molecular flexibility index (Phi) is 2.41. The second-order valence-electron chi connectivity index (χ2n) is 3.85. The fourth-order valence-electron chi connectivity index (χ4n) is 2.22. The number of esters is 1. The van der Waals surface area contributed by atoms with Crippen molar-refractivity contribution in [1.82, 2.24) is 10.6 Å². The minimum Gasteiger partial charge on any atom is -0.469 e. The molecule has 78 valence electrons. The van der Waals surface area contributed by atoms with Gasteiger partial charge in [0.15, 0.2) is 0 Å². The quantitative estimate of drug-likeness (QED) is 0.524. The zero-order valence-corrected chi connectivity index (χ0v) is 8.08. The van der Waals surface area contributed by atoms with E-state index < -0.39 is 0 Å². The Morgan fingerprint density at radius 1 is 1.50 bits per heavy atom. The van der Waals surface area contributed by atoms with Gasteiger partial charge in [0.25, 0.3) is 0 Å². The van der Waals surface area contributed by atoms with Crippen LogP contribution >= 0.6 is 0 Å². The second kappa shape index (κ2) is 3.57. The van der Waals surface area contributed by atoms with Crippen LogP contribution in [0, 0.1) is 11.8 Å². The molecule has 2 saturated heterocycles. The number of piperidine rings is 1. The Morgan fingerprint density at radius 3 is 3.00 bits per heavy atom. The third-order valence-electron chi connectivity index (χ3n) is 3.00. The fraction of sp³-hybridized carbons (Fsp3) is 0.778. The molecule has 0 saturated carbocycles. The van der Waals surface area contributed by atoms with E-state index in [-0.39, 0.29) is 29.8 Å². The lowest BCUT2D eigenvalue weighted by Gasteiger charge is -2.29. The lowest BCUT2D eigenvalue weighted by molar-refractivity contribution is -0.147. The second-order valence-corrected chi connectivity index (χ2v) is 3.85. The number of carbonyl (C=O) groups excluding carboxylic acids is 2. The molecule has 0 aromatic carbocycles. The minimum absolute atomic E-state index is 0.0540. The molecule has 2 fully saturated rings. The summed E-state index contributed by atoms with van der Waals surface area (Å²) in [5, 5.41) is 5.87. The van der Waals surface area contributed by atoms with Gasteiger partial charge in [-0.25, -0.2) is 0 Å². The first-order valence-corrected chi connectivity index (χ1v) is 4.81. The number of rotatable bonds is 1. The Balaban J connectivity index is 1.99. The summed E-state index contributed by atoms with van der Waals surface area (Å²) in [4.78, 5) is 22.5. The van der Waals surface area contributed by atoms with Gasteiger partial charge in [-0.15, -0.1) is 0 Å². The van der Waals surface area contributed by atoms with Crippen molar-refractivity contribution in [3.05, 3.63) is 0 Å². The zero-order valence-electron chi connectivity index (χ0n) is 8.08. The normalized spacial score (nSPS) is 36.1. The van der Waals surface area contributed by atoms with Crippen molar-refractivity contribution in [3.8, 4) is 0 Å². The van der Waals surface area contributed by atoms with Crippen molar-refractivity contribution in [2.45, 2.75) is 12.5 Å². The zero-order chi connectivity index (χ0) is 10.1. The first kappa shape index (κ1) is 9.45. The van der Waals surface area contributed by atoms with E-state index in [1.807, 2.05) is 0 Å². The summed E-state index contributed by atoms with van der Waals surface area (Å²) < 4.78 is 4.68. The first-order chi connectivity index (χ1) is 6.72. The standard InChI is InChI=1S/C9H14N2O3/c1-14-9(13)6-2-5-3-11-8(12)7(5)10-4-6/h5-7,10H,2-4H2,1H3,(H,11,12). The molecule has 2 rings (SSSR count). The Bertz CT molecular complexity index is 267. The Labute approximate surface area is 82.2 Å². The number of hydrogen-bond donors (Lipinski definition) is 2. The molecule has 0 bridgehead atoms. The minimum atomic E-state index is -0.185. The number of methoxy groups -OCH3 is 1. The third kappa shape index (κ3) is 1.48. The predicted molar refractivity (Wildman–Crippen MR) is 48.4 cm³/mol. The van der Waals surface area contributed by atoms with Crippen molar-refractivity contribution < 1.29 is 14.3 Å². The fourth-order valence-corrected chi connectivity index (χ4v) is 2.22. The lowest BCUT2D eigenvalue weighted by atomic mass is 9.86. The highest BCUT2D eigenvalue weighted by Gasteiger charge is 2.41.